The highest BCUT2D eigenvalue weighted by molar-refractivity contribution is 6.11. The minimum atomic E-state index is -0.195. The van der Waals surface area contributed by atoms with Crippen LogP contribution < -0.4 is 5.32 Å². The van der Waals surface area contributed by atoms with Gasteiger partial charge in [0.15, 0.2) is 0 Å². The van der Waals surface area contributed by atoms with Crippen LogP contribution in [0.4, 0.5) is 5.69 Å². The van der Waals surface area contributed by atoms with Gasteiger partial charge in [0, 0.05) is 22.0 Å². The van der Waals surface area contributed by atoms with Crippen molar-refractivity contribution in [3.8, 4) is 0 Å². The molecule has 24 heavy (non-hydrogen) atoms. The molecule has 4 aromatic rings. The summed E-state index contributed by atoms with van der Waals surface area (Å²) >= 11 is 0. The van der Waals surface area contributed by atoms with Crippen molar-refractivity contribution in [2.75, 3.05) is 5.32 Å². The number of benzene rings is 2. The van der Waals surface area contributed by atoms with Gasteiger partial charge in [-0.1, -0.05) is 36.4 Å². The first-order valence-electron chi connectivity index (χ1n) is 7.88. The normalized spacial score (nSPS) is 11.1. The quantitative estimate of drug-likeness (QED) is 0.568. The predicted molar refractivity (Wildman–Crippen MR) is 97.5 cm³/mol. The first kappa shape index (κ1) is 14.5. The van der Waals surface area contributed by atoms with Gasteiger partial charge in [0.05, 0.1) is 11.2 Å². The van der Waals surface area contributed by atoms with E-state index in [9.17, 15) is 4.79 Å². The summed E-state index contributed by atoms with van der Waals surface area (Å²) in [5.74, 6) is -0.195. The van der Waals surface area contributed by atoms with Crippen LogP contribution in [0.25, 0.3) is 21.8 Å². The number of rotatable bonds is 2. The number of hydrogen-bond donors (Lipinski definition) is 2. The Balaban J connectivity index is 1.80. The number of nitrogens with zero attached hydrogens (tertiary/aromatic N) is 1. The van der Waals surface area contributed by atoms with Gasteiger partial charge in [0.1, 0.15) is 5.69 Å². The molecule has 0 saturated heterocycles. The highest BCUT2D eigenvalue weighted by atomic mass is 16.1. The average Bonchev–Trinajstić information content (AvgIpc) is 2.96. The van der Waals surface area contributed by atoms with Crippen molar-refractivity contribution in [2.24, 2.45) is 0 Å². The van der Waals surface area contributed by atoms with Crippen LogP contribution in [0.1, 0.15) is 21.7 Å². The number of carbonyl (C=O) groups excluding carboxylic acids is 1. The second-order valence-corrected chi connectivity index (χ2v) is 5.96. The number of aryl methyl sites for hydroxylation is 2. The number of nitrogens with one attached hydrogen (secondary N) is 2. The zero-order chi connectivity index (χ0) is 16.7. The van der Waals surface area contributed by atoms with Gasteiger partial charge in [-0.3, -0.25) is 4.79 Å². The van der Waals surface area contributed by atoms with E-state index in [2.05, 4.69) is 21.4 Å². The van der Waals surface area contributed by atoms with Crippen LogP contribution >= 0.6 is 0 Å². The van der Waals surface area contributed by atoms with Gasteiger partial charge < -0.3 is 10.3 Å². The summed E-state index contributed by atoms with van der Waals surface area (Å²) < 4.78 is 0. The van der Waals surface area contributed by atoms with Crippen LogP contribution in [0.2, 0.25) is 0 Å². The molecule has 2 heterocycles. The van der Waals surface area contributed by atoms with Crippen LogP contribution in [0, 0.1) is 13.8 Å². The fourth-order valence-corrected chi connectivity index (χ4v) is 3.02. The fourth-order valence-electron chi connectivity index (χ4n) is 3.02. The third-order valence-electron chi connectivity index (χ3n) is 4.30. The molecule has 4 heteroatoms. The van der Waals surface area contributed by atoms with Crippen LogP contribution in [0.3, 0.4) is 0 Å². The molecule has 0 spiro atoms. The molecule has 2 aromatic heterocycles. The van der Waals surface area contributed by atoms with Crippen LogP contribution in [-0.2, 0) is 0 Å². The lowest BCUT2D eigenvalue weighted by atomic mass is 10.1. The maximum absolute atomic E-state index is 12.6. The monoisotopic (exact) mass is 315 g/mol. The molecular formula is C20H17N3O. The lowest BCUT2D eigenvalue weighted by molar-refractivity contribution is 0.102. The third kappa shape index (κ3) is 2.33. The van der Waals surface area contributed by atoms with Gasteiger partial charge in [0.25, 0.3) is 5.91 Å². The zero-order valence-corrected chi connectivity index (χ0v) is 13.6. The van der Waals surface area contributed by atoms with Gasteiger partial charge in [-0.25, -0.2) is 4.98 Å². The molecule has 118 valence electrons. The summed E-state index contributed by atoms with van der Waals surface area (Å²) in [6, 6.07) is 17.6. The van der Waals surface area contributed by atoms with Crippen molar-refractivity contribution in [1.82, 2.24) is 9.97 Å². The minimum absolute atomic E-state index is 0.195. The minimum Gasteiger partial charge on any atom is -0.353 e. The largest absolute Gasteiger partial charge is 0.353 e. The number of H-pyrrole nitrogens is 1. The molecule has 0 aliphatic carbocycles. The summed E-state index contributed by atoms with van der Waals surface area (Å²) in [5.41, 5.74) is 5.10. The Morgan fingerprint density at radius 1 is 1.00 bits per heavy atom. The number of aromatic nitrogens is 2. The van der Waals surface area contributed by atoms with Crippen LogP contribution in [0.15, 0.2) is 54.6 Å². The van der Waals surface area contributed by atoms with E-state index in [4.69, 9.17) is 0 Å². The molecule has 4 rings (SSSR count). The summed E-state index contributed by atoms with van der Waals surface area (Å²) in [6.45, 7) is 3.89. The molecule has 0 saturated carbocycles. The molecule has 0 aliphatic rings. The van der Waals surface area contributed by atoms with Gasteiger partial charge >= 0.3 is 0 Å². The van der Waals surface area contributed by atoms with Crippen molar-refractivity contribution in [1.29, 1.82) is 0 Å². The molecule has 0 bridgehead atoms. The third-order valence-corrected chi connectivity index (χ3v) is 4.30. The van der Waals surface area contributed by atoms with E-state index in [-0.39, 0.29) is 5.91 Å². The van der Waals surface area contributed by atoms with E-state index < -0.39 is 0 Å². The highest BCUT2D eigenvalue weighted by Gasteiger charge is 2.14. The van der Waals surface area contributed by atoms with Crippen LogP contribution in [-0.4, -0.2) is 15.9 Å². The Hall–Kier alpha value is -3.14. The number of amides is 1. The van der Waals surface area contributed by atoms with E-state index in [0.29, 0.717) is 5.69 Å². The van der Waals surface area contributed by atoms with Crippen molar-refractivity contribution in [3.63, 3.8) is 0 Å². The van der Waals surface area contributed by atoms with Gasteiger partial charge in [-0.2, -0.15) is 0 Å². The molecule has 2 aromatic carbocycles. The molecule has 2 N–H and O–H groups in total. The average molecular weight is 315 g/mol. The molecule has 0 atom stereocenters. The molecule has 0 radical (unpaired) electrons. The van der Waals surface area contributed by atoms with Crippen molar-refractivity contribution < 1.29 is 4.79 Å². The Morgan fingerprint density at radius 3 is 2.58 bits per heavy atom. The highest BCUT2D eigenvalue weighted by Crippen LogP contribution is 2.27. The second-order valence-electron chi connectivity index (χ2n) is 5.96. The smallest absolute Gasteiger partial charge is 0.274 e. The lowest BCUT2D eigenvalue weighted by Crippen LogP contribution is -2.14. The van der Waals surface area contributed by atoms with E-state index in [1.807, 2.05) is 62.4 Å². The number of hydrogen-bond acceptors (Lipinski definition) is 2. The van der Waals surface area contributed by atoms with Crippen molar-refractivity contribution in [3.05, 3.63) is 71.5 Å². The topological polar surface area (TPSA) is 57.8 Å². The Kier molecular flexibility index (Phi) is 3.31. The predicted octanol–water partition coefficient (Wildman–Crippen LogP) is 4.59. The van der Waals surface area contributed by atoms with E-state index in [1.54, 1.807) is 0 Å². The number of pyridine rings is 1. The van der Waals surface area contributed by atoms with Gasteiger partial charge in [-0.15, -0.1) is 0 Å². The maximum Gasteiger partial charge on any atom is 0.274 e. The number of anilines is 1. The Morgan fingerprint density at radius 2 is 1.75 bits per heavy atom. The number of carbonyl (C=O) groups is 1. The molecule has 0 fully saturated rings. The molecule has 1 amide bonds. The first-order chi connectivity index (χ1) is 11.6. The lowest BCUT2D eigenvalue weighted by Gasteiger charge is -2.08. The Bertz CT molecular complexity index is 1080. The van der Waals surface area contributed by atoms with Crippen molar-refractivity contribution >= 4 is 33.4 Å². The van der Waals surface area contributed by atoms with E-state index in [1.165, 1.54) is 0 Å². The van der Waals surface area contributed by atoms with Crippen molar-refractivity contribution in [2.45, 2.75) is 13.8 Å². The number of para-hydroxylation sites is 2. The number of fused-ring (bicyclic) bond motifs is 3. The summed E-state index contributed by atoms with van der Waals surface area (Å²) in [7, 11) is 0. The zero-order valence-electron chi connectivity index (χ0n) is 13.6. The molecule has 4 nitrogen and oxygen atoms in total. The fraction of sp³-hybridized carbons (Fsp3) is 0.100. The van der Waals surface area contributed by atoms with Gasteiger partial charge in [0.2, 0.25) is 0 Å². The first-order valence-corrected chi connectivity index (χ1v) is 7.88. The number of aromatic amines is 1. The van der Waals surface area contributed by atoms with E-state index in [0.717, 1.165) is 38.8 Å². The Labute approximate surface area is 139 Å². The molecular weight excluding hydrogens is 298 g/mol. The van der Waals surface area contributed by atoms with E-state index >= 15 is 0 Å². The summed E-state index contributed by atoms with van der Waals surface area (Å²) in [6.07, 6.45) is 0. The maximum atomic E-state index is 12.6. The molecule has 0 unspecified atom stereocenters. The van der Waals surface area contributed by atoms with Crippen LogP contribution in [0.5, 0.6) is 0 Å². The van der Waals surface area contributed by atoms with Gasteiger partial charge in [-0.05, 0) is 37.6 Å². The molecule has 0 aliphatic heterocycles. The second kappa shape index (κ2) is 5.49. The SMILES string of the molecule is Cc1ccccc1NC(=O)c1cc2c([nH]c3ccccc32)c(C)n1. The standard InChI is InChI=1S/C20H17N3O/c1-12-7-3-5-9-16(12)23-20(24)18-11-15-14-8-4-6-10-17(14)22-19(15)13(2)21-18/h3-11,22H,1-2H3,(H,23,24). The summed E-state index contributed by atoms with van der Waals surface area (Å²) in [5, 5.41) is 5.07. The summed E-state index contributed by atoms with van der Waals surface area (Å²) in [4.78, 5) is 20.5.